The van der Waals surface area contributed by atoms with Gasteiger partial charge in [0.2, 0.25) is 0 Å². The monoisotopic (exact) mass is 446 g/mol. The van der Waals surface area contributed by atoms with Crippen molar-refractivity contribution >= 4 is 27.3 Å². The van der Waals surface area contributed by atoms with Crippen molar-refractivity contribution in [3.05, 3.63) is 88.8 Å². The van der Waals surface area contributed by atoms with Gasteiger partial charge in [-0.15, -0.1) is 0 Å². The van der Waals surface area contributed by atoms with Crippen molar-refractivity contribution in [2.45, 2.75) is 16.7 Å². The number of benzene rings is 2. The average molecular weight is 447 g/mol. The minimum absolute atomic E-state index is 0.0601. The molecule has 8 heteroatoms. The highest BCUT2D eigenvalue weighted by molar-refractivity contribution is 7.90. The molecule has 3 aromatic rings. The van der Waals surface area contributed by atoms with Gasteiger partial charge in [0.05, 0.1) is 10.9 Å². The van der Waals surface area contributed by atoms with E-state index in [-0.39, 0.29) is 28.2 Å². The highest BCUT2D eigenvalue weighted by atomic mass is 35.5. The first-order chi connectivity index (χ1) is 14.3. The molecule has 158 valence electrons. The van der Waals surface area contributed by atoms with Crippen LogP contribution in [0.4, 0.5) is 0 Å². The molecular formula is C22H23ClN2O4S. The zero-order valence-electron chi connectivity index (χ0n) is 16.7. The second kappa shape index (κ2) is 9.47. The van der Waals surface area contributed by atoms with Gasteiger partial charge in [0, 0.05) is 11.6 Å². The minimum Gasteiger partial charge on any atom is -0.455 e. The number of nitrogens with zero attached hydrogens (tertiary/aromatic N) is 1. The molecule has 0 bridgehead atoms. The van der Waals surface area contributed by atoms with Crippen LogP contribution in [-0.4, -0.2) is 39.9 Å². The Morgan fingerprint density at radius 1 is 1.03 bits per heavy atom. The van der Waals surface area contributed by atoms with Gasteiger partial charge in [-0.05, 0) is 50.0 Å². The fourth-order valence-corrected chi connectivity index (χ4v) is 4.60. The Balaban J connectivity index is 1.67. The van der Waals surface area contributed by atoms with Crippen LogP contribution >= 0.6 is 11.6 Å². The maximum atomic E-state index is 12.5. The molecule has 6 nitrogen and oxygen atoms in total. The quantitative estimate of drug-likeness (QED) is 0.567. The number of rotatable bonds is 8. The van der Waals surface area contributed by atoms with Gasteiger partial charge in [0.1, 0.15) is 11.5 Å². The van der Waals surface area contributed by atoms with Gasteiger partial charge >= 0.3 is 0 Å². The number of nitrogens with one attached hydrogen (secondary N) is 1. The lowest BCUT2D eigenvalue weighted by atomic mass is 10.1. The Morgan fingerprint density at radius 3 is 2.37 bits per heavy atom. The second-order valence-corrected chi connectivity index (χ2v) is 9.45. The molecule has 30 heavy (non-hydrogen) atoms. The van der Waals surface area contributed by atoms with Crippen LogP contribution in [0.1, 0.15) is 27.9 Å². The lowest BCUT2D eigenvalue weighted by Crippen LogP contribution is -2.34. The van der Waals surface area contributed by atoms with E-state index in [1.807, 2.05) is 37.2 Å². The van der Waals surface area contributed by atoms with E-state index in [9.17, 15) is 13.2 Å². The summed E-state index contributed by atoms with van der Waals surface area (Å²) >= 11 is 6.30. The molecular weight excluding hydrogens is 424 g/mol. The fourth-order valence-electron chi connectivity index (χ4n) is 3.07. The summed E-state index contributed by atoms with van der Waals surface area (Å²) in [7, 11) is 0.254. The molecule has 1 heterocycles. The lowest BCUT2D eigenvalue weighted by Gasteiger charge is -2.25. The molecule has 0 spiro atoms. The first kappa shape index (κ1) is 22.1. The van der Waals surface area contributed by atoms with Crippen LogP contribution < -0.4 is 5.32 Å². The molecule has 1 aromatic heterocycles. The number of hydrogen-bond donors (Lipinski definition) is 1. The smallest absolute Gasteiger partial charge is 0.287 e. The van der Waals surface area contributed by atoms with Crippen molar-refractivity contribution in [1.29, 1.82) is 0 Å². The van der Waals surface area contributed by atoms with E-state index < -0.39 is 15.7 Å². The van der Waals surface area contributed by atoms with Gasteiger partial charge in [-0.1, -0.05) is 48.0 Å². The Labute approximate surface area is 181 Å². The van der Waals surface area contributed by atoms with E-state index in [2.05, 4.69) is 5.32 Å². The number of likely N-dealkylation sites (N-methyl/N-ethyl adjacent to an activating group) is 1. The highest BCUT2D eigenvalue weighted by Crippen LogP contribution is 2.25. The molecule has 1 unspecified atom stereocenters. The van der Waals surface area contributed by atoms with E-state index in [1.165, 1.54) is 24.3 Å². The van der Waals surface area contributed by atoms with Gasteiger partial charge in [0.15, 0.2) is 15.6 Å². The van der Waals surface area contributed by atoms with Crippen LogP contribution in [0.5, 0.6) is 0 Å². The third kappa shape index (κ3) is 5.30. The Kier molecular flexibility index (Phi) is 6.97. The van der Waals surface area contributed by atoms with Crippen molar-refractivity contribution in [2.24, 2.45) is 0 Å². The number of carbonyl (C=O) groups is 1. The van der Waals surface area contributed by atoms with Crippen LogP contribution in [0.3, 0.4) is 0 Å². The van der Waals surface area contributed by atoms with E-state index in [0.29, 0.717) is 11.6 Å². The topological polar surface area (TPSA) is 79.6 Å². The summed E-state index contributed by atoms with van der Waals surface area (Å²) < 4.78 is 30.5. The fraction of sp³-hybridized carbons (Fsp3) is 0.227. The summed E-state index contributed by atoms with van der Waals surface area (Å²) in [6.45, 7) is 0.313. The maximum absolute atomic E-state index is 12.5. The van der Waals surface area contributed by atoms with Crippen LogP contribution in [0.15, 0.2) is 76.0 Å². The van der Waals surface area contributed by atoms with Crippen molar-refractivity contribution in [1.82, 2.24) is 10.2 Å². The number of sulfone groups is 1. The van der Waals surface area contributed by atoms with Crippen molar-refractivity contribution in [3.63, 3.8) is 0 Å². The van der Waals surface area contributed by atoms with Crippen LogP contribution in [-0.2, 0) is 15.6 Å². The van der Waals surface area contributed by atoms with Gasteiger partial charge in [-0.2, -0.15) is 0 Å². The molecule has 0 aliphatic heterocycles. The van der Waals surface area contributed by atoms with Crippen molar-refractivity contribution in [2.75, 3.05) is 20.6 Å². The first-order valence-electron chi connectivity index (χ1n) is 9.33. The predicted octanol–water partition coefficient (Wildman–Crippen LogP) is 3.94. The number of carbonyl (C=O) groups excluding carboxylic acids is 1. The Morgan fingerprint density at radius 2 is 1.70 bits per heavy atom. The van der Waals surface area contributed by atoms with Crippen molar-refractivity contribution < 1.29 is 17.6 Å². The summed E-state index contributed by atoms with van der Waals surface area (Å²) in [5.41, 5.74) is 0.901. The molecule has 1 amide bonds. The van der Waals surface area contributed by atoms with E-state index in [4.69, 9.17) is 16.0 Å². The summed E-state index contributed by atoms with van der Waals surface area (Å²) in [5, 5.41) is 3.45. The largest absolute Gasteiger partial charge is 0.455 e. The Hall–Kier alpha value is -2.61. The second-order valence-electron chi connectivity index (χ2n) is 7.05. The zero-order valence-corrected chi connectivity index (χ0v) is 18.3. The average Bonchev–Trinajstić information content (AvgIpc) is 3.17. The molecule has 1 atom stereocenters. The summed E-state index contributed by atoms with van der Waals surface area (Å²) in [5.74, 6) is -0.467. The predicted molar refractivity (Wildman–Crippen MR) is 116 cm³/mol. The molecule has 3 rings (SSSR count). The third-order valence-corrected chi connectivity index (χ3v) is 6.66. The summed E-state index contributed by atoms with van der Waals surface area (Å²) in [6.07, 6.45) is 0. The number of amides is 1. The van der Waals surface area contributed by atoms with Gasteiger partial charge < -0.3 is 14.6 Å². The standard InChI is InChI=1S/C22H23ClN2O4S/c1-25(2)20(18-10-6-7-11-19(18)23)14-24-22(26)21-13-12-16(29-21)15-30(27,28)17-8-4-3-5-9-17/h3-13,20H,14-15H2,1-2H3,(H,24,26). The summed E-state index contributed by atoms with van der Waals surface area (Å²) in [4.78, 5) is 14.7. The van der Waals surface area contributed by atoms with Crippen LogP contribution in [0.2, 0.25) is 5.02 Å². The van der Waals surface area contributed by atoms with E-state index in [1.54, 1.807) is 24.3 Å². The molecule has 0 fully saturated rings. The number of furan rings is 1. The number of halogens is 1. The van der Waals surface area contributed by atoms with Crippen LogP contribution in [0.25, 0.3) is 0 Å². The SMILES string of the molecule is CN(C)C(CNC(=O)c1ccc(CS(=O)(=O)c2ccccc2)o1)c1ccccc1Cl. The molecule has 0 saturated carbocycles. The van der Waals surface area contributed by atoms with Gasteiger partial charge in [-0.3, -0.25) is 4.79 Å². The molecule has 0 aliphatic rings. The molecule has 0 radical (unpaired) electrons. The normalized spacial score (nSPS) is 12.7. The summed E-state index contributed by atoms with van der Waals surface area (Å²) in [6, 6.07) is 18.5. The first-order valence-corrected chi connectivity index (χ1v) is 11.4. The highest BCUT2D eigenvalue weighted by Gasteiger charge is 2.21. The maximum Gasteiger partial charge on any atom is 0.287 e. The molecule has 2 aromatic carbocycles. The van der Waals surface area contributed by atoms with E-state index >= 15 is 0 Å². The third-order valence-electron chi connectivity index (χ3n) is 4.66. The molecule has 0 saturated heterocycles. The van der Waals surface area contributed by atoms with Gasteiger partial charge in [-0.25, -0.2) is 8.42 Å². The van der Waals surface area contributed by atoms with Gasteiger partial charge in [0.25, 0.3) is 5.91 Å². The Bertz CT molecular complexity index is 1110. The molecule has 0 aliphatic carbocycles. The van der Waals surface area contributed by atoms with E-state index in [0.717, 1.165) is 5.56 Å². The zero-order chi connectivity index (χ0) is 21.7. The molecule has 1 N–H and O–H groups in total. The van der Waals surface area contributed by atoms with Crippen LogP contribution in [0, 0.1) is 0 Å². The van der Waals surface area contributed by atoms with Crippen molar-refractivity contribution in [3.8, 4) is 0 Å². The number of hydrogen-bond acceptors (Lipinski definition) is 5. The minimum atomic E-state index is -3.55. The lowest BCUT2D eigenvalue weighted by molar-refractivity contribution is 0.0912.